The van der Waals surface area contributed by atoms with Gasteiger partial charge >= 0.3 is 108 Å². The van der Waals surface area contributed by atoms with Crippen LogP contribution in [0.4, 0.5) is 28.8 Å². The number of esters is 12. The molecule has 42 nitrogen and oxygen atoms in total. The van der Waals surface area contributed by atoms with Gasteiger partial charge in [-0.3, -0.25) is 0 Å². The van der Waals surface area contributed by atoms with Crippen LogP contribution in [-0.4, -0.2) is 359 Å². The average molecular weight is 2210 g/mol. The second-order valence-electron chi connectivity index (χ2n) is 36.4. The molecule has 0 aromatic rings. The average Bonchev–Trinajstić information content (AvgIpc) is 0.841. The predicted molar refractivity (Wildman–Crippen MR) is 561 cm³/mol. The lowest BCUT2D eigenvalue weighted by molar-refractivity contribution is -0.152. The summed E-state index contributed by atoms with van der Waals surface area (Å²) < 4.78 is 92.8. The summed E-state index contributed by atoms with van der Waals surface area (Å²) in [5.41, 5.74) is -3.92. The number of carbonyl (C=O) groups excluding carboxylic acids is 18. The van der Waals surface area contributed by atoms with Crippen LogP contribution in [0.2, 0.25) is 0 Å². The highest BCUT2D eigenvalue weighted by Crippen LogP contribution is 2.28. The summed E-state index contributed by atoms with van der Waals surface area (Å²) in [4.78, 5) is 219. The van der Waals surface area contributed by atoms with E-state index in [1.165, 1.54) is 61.1 Å². The van der Waals surface area contributed by atoms with E-state index in [2.05, 4.69) is 78.9 Å². The number of hydrogen-bond donors (Lipinski definition) is 0. The van der Waals surface area contributed by atoms with Crippen molar-refractivity contribution in [2.75, 3.05) is 221 Å². The lowest BCUT2D eigenvalue weighted by atomic mass is 9.94. The number of rotatable bonds is 60. The molecule has 0 radical (unpaired) electrons. The van der Waals surface area contributed by atoms with E-state index < -0.39 is 141 Å². The summed E-state index contributed by atoms with van der Waals surface area (Å²) in [7, 11) is 0. The second-order valence-corrected chi connectivity index (χ2v) is 37.9. The van der Waals surface area contributed by atoms with Crippen LogP contribution >= 0.6 is 46.4 Å². The molecule has 0 atom stereocenters. The van der Waals surface area contributed by atoms with Gasteiger partial charge in [0.25, 0.3) is 0 Å². The molecule has 848 valence electrons. The van der Waals surface area contributed by atoms with Crippen LogP contribution in [0.1, 0.15) is 149 Å². The Morgan fingerprint density at radius 2 is 0.373 bits per heavy atom. The van der Waals surface area contributed by atoms with Gasteiger partial charge in [0.15, 0.2) is 0 Å². The monoisotopic (exact) mass is 2210 g/mol. The zero-order chi connectivity index (χ0) is 116. The highest BCUT2D eigenvalue weighted by molar-refractivity contribution is 6.19. The van der Waals surface area contributed by atoms with Gasteiger partial charge in [0.05, 0.1) is 32.5 Å². The van der Waals surface area contributed by atoms with Crippen molar-refractivity contribution in [3.63, 3.8) is 0 Å². The van der Waals surface area contributed by atoms with Gasteiger partial charge in [-0.15, -0.1) is 46.4 Å². The SMILES string of the molecule is C=C(C)C(=O)OCC(C)(COC(=O)C(=C)C)COC(=O)N(CC)CC.C=C(C)C(=O)OCC(C)(COC(=O)C(=C)C)COC(=O)N(CCCl)CCCl.C=C(C)C(=O)OCC(C)(COC(=O)C(=C)C)COC(=O)N1CCCCC1.C=CC(=O)OCC(C)(COC(=O)C=C)COC(=O)N(CC)CC.C=CC(=O)OCC(C)(COC(=O)C=C)COC(=O)N(CCCl)CCCl.C=CC(=O)OCC(C)(COC(=O)C=C)COC(=O)N1CCCCC1. The topological polar surface area (TPSA) is 493 Å². The number of nitrogens with zero attached hydrogens (tertiary/aromatic N) is 6. The van der Waals surface area contributed by atoms with Crippen LogP contribution < -0.4 is 0 Å². The van der Waals surface area contributed by atoms with Crippen molar-refractivity contribution < 1.29 is 172 Å². The number of alkyl halides is 4. The van der Waals surface area contributed by atoms with Gasteiger partial charge in [-0.1, -0.05) is 78.9 Å². The Balaban J connectivity index is -0.000000853. The lowest BCUT2D eigenvalue weighted by Gasteiger charge is -2.31. The number of piperidine rings is 2. The molecule has 2 rings (SSSR count). The first-order chi connectivity index (χ1) is 70.3. The number of amides is 6. The maximum Gasteiger partial charge on any atom is 0.409 e. The molecule has 2 fully saturated rings. The Morgan fingerprint density at radius 1 is 0.233 bits per heavy atom. The third-order valence-corrected chi connectivity index (χ3v) is 20.9. The Labute approximate surface area is 902 Å². The predicted octanol–water partition coefficient (Wildman–Crippen LogP) is 15.1. The quantitative estimate of drug-likeness (QED) is 0.0236. The van der Waals surface area contributed by atoms with Gasteiger partial charge in [-0.25, -0.2) is 86.3 Å². The first-order valence-corrected chi connectivity index (χ1v) is 49.9. The Hall–Kier alpha value is -12.7. The van der Waals surface area contributed by atoms with E-state index in [1.807, 2.05) is 27.7 Å². The smallest absolute Gasteiger partial charge is 0.409 e. The normalized spacial score (nSPS) is 11.8. The summed E-state index contributed by atoms with van der Waals surface area (Å²) in [6.45, 7) is 71.6. The largest absolute Gasteiger partial charge is 0.462 e. The zero-order valence-electron chi connectivity index (χ0n) is 90.1. The third-order valence-electron chi connectivity index (χ3n) is 20.2. The summed E-state index contributed by atoms with van der Waals surface area (Å²) >= 11 is 22.6. The fourth-order valence-corrected chi connectivity index (χ4v) is 11.6. The number of halogens is 4. The summed E-state index contributed by atoms with van der Waals surface area (Å²) in [5.74, 6) is -6.18. The van der Waals surface area contributed by atoms with Crippen LogP contribution in [0, 0.1) is 32.5 Å². The van der Waals surface area contributed by atoms with Crippen molar-refractivity contribution in [3.05, 3.63) is 149 Å². The summed E-state index contributed by atoms with van der Waals surface area (Å²) in [6.07, 6.45) is 9.18. The number of likely N-dealkylation sites (tertiary alicyclic amines) is 2. The van der Waals surface area contributed by atoms with Gasteiger partial charge < -0.3 is 115 Å². The van der Waals surface area contributed by atoms with E-state index in [1.54, 1.807) is 51.3 Å². The first-order valence-electron chi connectivity index (χ1n) is 47.7. The minimum Gasteiger partial charge on any atom is -0.462 e. The third kappa shape index (κ3) is 66.7. The Morgan fingerprint density at radius 3 is 0.513 bits per heavy atom. The minimum absolute atomic E-state index is 0.0445. The van der Waals surface area contributed by atoms with Gasteiger partial charge in [0, 0.05) is 172 Å². The van der Waals surface area contributed by atoms with Crippen molar-refractivity contribution >= 4 is 155 Å². The van der Waals surface area contributed by atoms with Gasteiger partial charge in [-0.05, 0) is 149 Å². The highest BCUT2D eigenvalue weighted by atomic mass is 35.5. The van der Waals surface area contributed by atoms with Crippen LogP contribution in [0.5, 0.6) is 0 Å². The summed E-state index contributed by atoms with van der Waals surface area (Å²) in [6, 6.07) is 0. The molecule has 0 spiro atoms. The zero-order valence-corrected chi connectivity index (χ0v) is 93.1. The molecule has 46 heteroatoms. The van der Waals surface area contributed by atoms with Crippen molar-refractivity contribution in [3.8, 4) is 0 Å². The van der Waals surface area contributed by atoms with Crippen molar-refractivity contribution in [1.82, 2.24) is 29.4 Å². The Kier molecular flexibility index (Phi) is 76.0. The van der Waals surface area contributed by atoms with Crippen molar-refractivity contribution in [1.29, 1.82) is 0 Å². The van der Waals surface area contributed by atoms with Gasteiger partial charge in [0.1, 0.15) is 119 Å². The van der Waals surface area contributed by atoms with Crippen molar-refractivity contribution in [2.24, 2.45) is 32.5 Å². The van der Waals surface area contributed by atoms with Crippen LogP contribution in [0.25, 0.3) is 0 Å². The molecular formula is C104H158Cl4N6O36. The number of ether oxygens (including phenoxy) is 18. The maximum atomic E-state index is 12.2. The second kappa shape index (κ2) is 79.4. The Bertz CT molecular complexity index is 4300. The molecule has 0 aromatic heterocycles. The fraction of sp³-hybridized carbons (Fsp3) is 0.596. The lowest BCUT2D eigenvalue weighted by Crippen LogP contribution is -2.41. The summed E-state index contributed by atoms with van der Waals surface area (Å²) in [5, 5.41) is 0. The molecule has 0 aromatic carbocycles. The molecule has 0 aliphatic carbocycles. The van der Waals surface area contributed by atoms with Crippen LogP contribution in [-0.2, 0) is 143 Å². The molecule has 0 bridgehead atoms. The highest BCUT2D eigenvalue weighted by Gasteiger charge is 2.39. The van der Waals surface area contributed by atoms with E-state index in [4.69, 9.17) is 132 Å². The maximum absolute atomic E-state index is 12.2. The van der Waals surface area contributed by atoms with E-state index in [9.17, 15) is 86.3 Å². The molecule has 2 aliphatic rings. The molecule has 2 aliphatic heterocycles. The van der Waals surface area contributed by atoms with Crippen LogP contribution in [0.15, 0.2) is 149 Å². The van der Waals surface area contributed by atoms with Gasteiger partial charge in [0.2, 0.25) is 0 Å². The van der Waals surface area contributed by atoms with Crippen molar-refractivity contribution in [2.45, 2.75) is 149 Å². The molecule has 2 heterocycles. The molecule has 0 unspecified atom stereocenters. The molecule has 150 heavy (non-hydrogen) atoms. The van der Waals surface area contributed by atoms with E-state index in [0.717, 1.165) is 75.0 Å². The molecule has 0 saturated carbocycles. The standard InChI is InChI=1S/C19H29NO6.C18H27Cl2NO6.C18H29NO6.C17H25NO6.C16H23Cl2NO6.C16H25NO6/c1-14(2)16(21)24-11-19(5,12-25-17(22)15(3)4)13-26-18(23)20-9-7-6-8-10-20;1-13(2)15(22)25-10-18(5,11-26-16(23)14(3)4)12-27-17(24)21(8-6-19)9-7-20;1-8-19(9-2)17(22)25-12-18(7,10-23-15(20)13(3)4)11-24-16(21)14(5)6;1-4-14(19)22-11-17(3,12-23-15(20)5-2)13-24-16(21)18-9-7-6-8-10-18;1-4-13(20)23-10-16(3,11-24-14(21)5-2)12-25-15(22)19(8-6-17)9-7-18;1-6-13(18)21-10-16(5,11-22-14(19)7-2)12-23-15(20)17(8-3)9-4/h1,3,6-13H2,2,4-5H3;1,3,6-12H2,2,4-5H3;3,5,8-12H2,1-2,4,6-7H3;4-5H,1-2,6-13H2,3H3;4-5H,1-2,6-12H2,3H3;6-7H,1-2,8-12H2,3-5H3. The molecule has 6 amide bonds. The molecular weight excluding hydrogens is 2050 g/mol. The van der Waals surface area contributed by atoms with E-state index in [-0.39, 0.29) is 202 Å². The first kappa shape index (κ1) is 144. The molecule has 0 N–H and O–H groups in total. The number of hydrogen-bond acceptors (Lipinski definition) is 36. The van der Waals surface area contributed by atoms with E-state index in [0.29, 0.717) is 52.4 Å². The minimum atomic E-state index is -0.959. The molecule has 2 saturated heterocycles. The van der Waals surface area contributed by atoms with Crippen LogP contribution in [0.3, 0.4) is 0 Å². The van der Waals surface area contributed by atoms with Gasteiger partial charge in [-0.2, -0.15) is 0 Å². The number of carbonyl (C=O) groups is 18. The fourth-order valence-electron chi connectivity index (χ4n) is 10.8. The van der Waals surface area contributed by atoms with E-state index >= 15 is 0 Å².